The second-order valence-corrected chi connectivity index (χ2v) is 6.32. The predicted molar refractivity (Wildman–Crippen MR) is 73.4 cm³/mol. The molecule has 1 aromatic rings. The molecule has 0 aliphatic carbocycles. The monoisotopic (exact) mass is 316 g/mol. The van der Waals surface area contributed by atoms with Gasteiger partial charge in [0.15, 0.2) is 0 Å². The third-order valence-electron chi connectivity index (χ3n) is 2.68. The van der Waals surface area contributed by atoms with E-state index >= 15 is 0 Å². The normalized spacial score (nSPS) is 12.9. The second kappa shape index (κ2) is 6.10. The number of aryl methyl sites for hydroxylation is 1. The lowest BCUT2D eigenvalue weighted by atomic mass is 10.1. The fourth-order valence-electron chi connectivity index (χ4n) is 1.81. The number of sulfonamides is 1. The van der Waals surface area contributed by atoms with Crippen LogP contribution in [-0.4, -0.2) is 36.5 Å². The maximum absolute atomic E-state index is 12.2. The third kappa shape index (κ3) is 4.17. The van der Waals surface area contributed by atoms with Gasteiger partial charge in [0.2, 0.25) is 15.9 Å². The van der Waals surface area contributed by atoms with Crippen LogP contribution in [0, 0.1) is 6.92 Å². The molecule has 0 radical (unpaired) electrons. The van der Waals surface area contributed by atoms with Gasteiger partial charge in [-0.1, -0.05) is 0 Å². The number of nitrogens with two attached hydrogens (primary N) is 1. The number of hydrogen-bond acceptors (Lipinski definition) is 5. The summed E-state index contributed by atoms with van der Waals surface area (Å²) < 4.78 is 26.6. The van der Waals surface area contributed by atoms with E-state index in [1.54, 1.807) is 0 Å². The van der Waals surface area contributed by atoms with Crippen LogP contribution in [-0.2, 0) is 14.8 Å². The molecular formula is C12H16N2O6S. The van der Waals surface area contributed by atoms with Crippen LogP contribution in [0.15, 0.2) is 17.0 Å². The zero-order chi connectivity index (χ0) is 16.4. The number of primary amides is 1. The molecule has 0 spiro atoms. The number of hydrogen-bond donors (Lipinski definition) is 4. The number of amides is 1. The van der Waals surface area contributed by atoms with E-state index in [1.807, 2.05) is 0 Å². The van der Waals surface area contributed by atoms with Gasteiger partial charge in [0.1, 0.15) is 11.3 Å². The van der Waals surface area contributed by atoms with Crippen molar-refractivity contribution in [1.29, 1.82) is 0 Å². The van der Waals surface area contributed by atoms with Crippen LogP contribution in [0.2, 0.25) is 0 Å². The Morgan fingerprint density at radius 2 is 1.95 bits per heavy atom. The third-order valence-corrected chi connectivity index (χ3v) is 4.41. The Balaban J connectivity index is 3.22. The first-order valence-corrected chi connectivity index (χ1v) is 7.40. The summed E-state index contributed by atoms with van der Waals surface area (Å²) in [6, 6.07) is 1.18. The lowest BCUT2D eigenvalue weighted by Crippen LogP contribution is -2.36. The van der Waals surface area contributed by atoms with Gasteiger partial charge in [-0.3, -0.25) is 4.79 Å². The van der Waals surface area contributed by atoms with E-state index in [1.165, 1.54) is 13.8 Å². The Morgan fingerprint density at radius 1 is 1.38 bits per heavy atom. The summed E-state index contributed by atoms with van der Waals surface area (Å²) in [7, 11) is -4.04. The number of aromatic carboxylic acids is 1. The first-order valence-electron chi connectivity index (χ1n) is 5.92. The van der Waals surface area contributed by atoms with Crippen molar-refractivity contribution < 1.29 is 28.2 Å². The van der Waals surface area contributed by atoms with Crippen molar-refractivity contribution >= 4 is 21.9 Å². The van der Waals surface area contributed by atoms with Crippen LogP contribution < -0.4 is 10.5 Å². The summed E-state index contributed by atoms with van der Waals surface area (Å²) in [6.45, 7) is 2.87. The van der Waals surface area contributed by atoms with Gasteiger partial charge in [-0.25, -0.2) is 17.9 Å². The lowest BCUT2D eigenvalue weighted by Gasteiger charge is -2.15. The van der Waals surface area contributed by atoms with Crippen LogP contribution in [0.25, 0.3) is 0 Å². The van der Waals surface area contributed by atoms with Crippen LogP contribution >= 0.6 is 0 Å². The molecular weight excluding hydrogens is 300 g/mol. The summed E-state index contributed by atoms with van der Waals surface area (Å²) in [4.78, 5) is 21.4. The highest BCUT2D eigenvalue weighted by molar-refractivity contribution is 7.89. The van der Waals surface area contributed by atoms with Crippen molar-refractivity contribution in [2.45, 2.75) is 31.2 Å². The molecule has 0 heterocycles. The minimum absolute atomic E-state index is 0.177. The predicted octanol–water partition coefficient (Wildman–Crippen LogP) is -0.0590. The molecule has 0 saturated heterocycles. The Hall–Kier alpha value is -2.13. The molecule has 0 aliphatic rings. The molecule has 8 nitrogen and oxygen atoms in total. The molecule has 1 atom stereocenters. The van der Waals surface area contributed by atoms with E-state index in [9.17, 15) is 23.1 Å². The number of benzene rings is 1. The number of rotatable bonds is 6. The van der Waals surface area contributed by atoms with Gasteiger partial charge in [0.25, 0.3) is 0 Å². The molecule has 1 rings (SSSR count). The Kier molecular flexibility index (Phi) is 4.92. The van der Waals surface area contributed by atoms with E-state index in [2.05, 4.69) is 4.72 Å². The van der Waals surface area contributed by atoms with Gasteiger partial charge in [-0.2, -0.15) is 0 Å². The van der Waals surface area contributed by atoms with Gasteiger partial charge in [-0.15, -0.1) is 0 Å². The molecule has 5 N–H and O–H groups in total. The van der Waals surface area contributed by atoms with E-state index < -0.39 is 39.3 Å². The molecule has 21 heavy (non-hydrogen) atoms. The molecule has 116 valence electrons. The van der Waals surface area contributed by atoms with E-state index in [4.69, 9.17) is 10.8 Å². The van der Waals surface area contributed by atoms with E-state index in [0.717, 1.165) is 12.1 Å². The minimum Gasteiger partial charge on any atom is -0.507 e. The van der Waals surface area contributed by atoms with Crippen LogP contribution in [0.3, 0.4) is 0 Å². The quantitative estimate of drug-likeness (QED) is 0.578. The topological polar surface area (TPSA) is 147 Å². The van der Waals surface area contributed by atoms with Crippen molar-refractivity contribution in [1.82, 2.24) is 4.72 Å². The molecule has 0 saturated carbocycles. The van der Waals surface area contributed by atoms with Crippen molar-refractivity contribution in [2.24, 2.45) is 5.73 Å². The van der Waals surface area contributed by atoms with Gasteiger partial charge in [-0.05, 0) is 31.5 Å². The number of carbonyl (C=O) groups is 2. The van der Waals surface area contributed by atoms with Gasteiger partial charge >= 0.3 is 5.97 Å². The van der Waals surface area contributed by atoms with Crippen LogP contribution in [0.1, 0.15) is 29.3 Å². The number of aromatic hydroxyl groups is 1. The lowest BCUT2D eigenvalue weighted by molar-refractivity contribution is -0.118. The number of nitrogens with one attached hydrogen (secondary N) is 1. The van der Waals surface area contributed by atoms with Crippen molar-refractivity contribution in [2.75, 3.05) is 0 Å². The minimum atomic E-state index is -4.04. The Bertz CT molecular complexity index is 683. The highest BCUT2D eigenvalue weighted by Gasteiger charge is 2.23. The number of carboxylic acids is 1. The average Bonchev–Trinajstić information content (AvgIpc) is 2.25. The summed E-state index contributed by atoms with van der Waals surface area (Å²) in [5.74, 6) is -2.64. The highest BCUT2D eigenvalue weighted by Crippen LogP contribution is 2.25. The molecule has 1 amide bonds. The number of phenols is 1. The SMILES string of the molecule is Cc1cc(O)c(C(=O)O)cc1S(=O)(=O)NC(C)CC(N)=O. The zero-order valence-corrected chi connectivity index (χ0v) is 12.3. The van der Waals surface area contributed by atoms with Gasteiger partial charge in [0, 0.05) is 12.5 Å². The first kappa shape index (κ1) is 16.9. The Morgan fingerprint density at radius 3 is 2.43 bits per heavy atom. The van der Waals surface area contributed by atoms with Gasteiger partial charge in [0.05, 0.1) is 4.90 Å². The van der Waals surface area contributed by atoms with E-state index in [-0.39, 0.29) is 16.9 Å². The molecule has 0 fully saturated rings. The summed E-state index contributed by atoms with van der Waals surface area (Å²) >= 11 is 0. The molecule has 1 aromatic carbocycles. The molecule has 0 bridgehead atoms. The summed E-state index contributed by atoms with van der Waals surface area (Å²) in [5.41, 5.74) is 4.63. The standard InChI is InChI=1S/C12H16N2O6S/c1-6-3-9(15)8(12(17)18)5-10(6)21(19,20)14-7(2)4-11(13)16/h3,5,7,14-15H,4H2,1-2H3,(H2,13,16)(H,17,18). The maximum atomic E-state index is 12.2. The molecule has 1 unspecified atom stereocenters. The first-order chi connectivity index (χ1) is 9.54. The molecule has 0 aliphatic heterocycles. The number of carbonyl (C=O) groups excluding carboxylic acids is 1. The fraction of sp³-hybridized carbons (Fsp3) is 0.333. The summed E-state index contributed by atoms with van der Waals surface area (Å²) in [5, 5.41) is 18.4. The largest absolute Gasteiger partial charge is 0.507 e. The molecule has 0 aromatic heterocycles. The second-order valence-electron chi connectivity index (χ2n) is 4.63. The average molecular weight is 316 g/mol. The Labute approximate surface area is 121 Å². The number of carboxylic acid groups (broad SMARTS) is 1. The van der Waals surface area contributed by atoms with Crippen molar-refractivity contribution in [3.63, 3.8) is 0 Å². The molecule has 9 heteroatoms. The zero-order valence-electron chi connectivity index (χ0n) is 11.5. The smallest absolute Gasteiger partial charge is 0.339 e. The maximum Gasteiger partial charge on any atom is 0.339 e. The van der Waals surface area contributed by atoms with Gasteiger partial charge < -0.3 is 15.9 Å². The van der Waals surface area contributed by atoms with Crippen LogP contribution in [0.5, 0.6) is 5.75 Å². The summed E-state index contributed by atoms with van der Waals surface area (Å²) in [6.07, 6.45) is -0.192. The van der Waals surface area contributed by atoms with Crippen molar-refractivity contribution in [3.05, 3.63) is 23.3 Å². The van der Waals surface area contributed by atoms with Crippen molar-refractivity contribution in [3.8, 4) is 5.75 Å². The highest BCUT2D eigenvalue weighted by atomic mass is 32.2. The fourth-order valence-corrected chi connectivity index (χ4v) is 3.30. The van der Waals surface area contributed by atoms with Crippen LogP contribution in [0.4, 0.5) is 0 Å². The van der Waals surface area contributed by atoms with E-state index in [0.29, 0.717) is 0 Å².